The van der Waals surface area contributed by atoms with Crippen LogP contribution < -0.4 is 10.1 Å². The van der Waals surface area contributed by atoms with Crippen LogP contribution in [0, 0.1) is 25.2 Å². The van der Waals surface area contributed by atoms with E-state index < -0.39 is 17.6 Å². The van der Waals surface area contributed by atoms with Crippen molar-refractivity contribution in [1.29, 1.82) is 5.26 Å². The molecule has 0 aliphatic rings. The SMILES string of the molecule is Cc1ccc(COc2ccccc2/C=C(\C#N)C(=O)Nc2cccc(C(F)(F)F)c2)cc1C. The van der Waals surface area contributed by atoms with Crippen molar-refractivity contribution in [2.75, 3.05) is 5.32 Å². The summed E-state index contributed by atoms with van der Waals surface area (Å²) in [5.41, 5.74) is 2.56. The molecule has 0 atom stereocenters. The first-order chi connectivity index (χ1) is 15.7. The quantitative estimate of drug-likeness (QED) is 0.347. The predicted octanol–water partition coefficient (Wildman–Crippen LogP) is 6.45. The smallest absolute Gasteiger partial charge is 0.416 e. The second-order valence-electron chi connectivity index (χ2n) is 7.45. The van der Waals surface area contributed by atoms with Gasteiger partial charge in [0.15, 0.2) is 0 Å². The molecule has 0 saturated heterocycles. The highest BCUT2D eigenvalue weighted by Crippen LogP contribution is 2.31. The fourth-order valence-electron chi connectivity index (χ4n) is 3.06. The van der Waals surface area contributed by atoms with Crippen molar-refractivity contribution >= 4 is 17.7 Å². The van der Waals surface area contributed by atoms with E-state index in [4.69, 9.17) is 4.74 Å². The van der Waals surface area contributed by atoms with E-state index in [1.807, 2.05) is 32.0 Å². The van der Waals surface area contributed by atoms with Crippen molar-refractivity contribution in [3.8, 4) is 11.8 Å². The summed E-state index contributed by atoms with van der Waals surface area (Å²) in [4.78, 5) is 12.5. The molecule has 1 amide bonds. The van der Waals surface area contributed by atoms with Gasteiger partial charge < -0.3 is 10.1 Å². The molecule has 0 heterocycles. The molecule has 4 nitrogen and oxygen atoms in total. The van der Waals surface area contributed by atoms with Gasteiger partial charge in [0, 0.05) is 11.3 Å². The molecule has 0 aliphatic heterocycles. The zero-order chi connectivity index (χ0) is 24.0. The molecular formula is C26H21F3N2O2. The lowest BCUT2D eigenvalue weighted by Gasteiger charge is -2.11. The van der Waals surface area contributed by atoms with Gasteiger partial charge in [0.25, 0.3) is 5.91 Å². The lowest BCUT2D eigenvalue weighted by Crippen LogP contribution is -2.14. The first-order valence-corrected chi connectivity index (χ1v) is 10.1. The molecule has 1 N–H and O–H groups in total. The standard InChI is InChI=1S/C26H21F3N2O2/c1-17-10-11-19(12-18(17)2)16-33-24-9-4-3-6-20(24)13-21(15-30)25(32)31-23-8-5-7-22(14-23)26(27,28)29/h3-14H,16H2,1-2H3,(H,31,32)/b21-13+. The number of carbonyl (C=O) groups excluding carboxylic acids is 1. The number of para-hydroxylation sites is 1. The third-order valence-corrected chi connectivity index (χ3v) is 5.00. The lowest BCUT2D eigenvalue weighted by molar-refractivity contribution is -0.137. The van der Waals surface area contributed by atoms with Gasteiger partial charge in [0.1, 0.15) is 24.0 Å². The molecular weight excluding hydrogens is 429 g/mol. The van der Waals surface area contributed by atoms with E-state index in [-0.39, 0.29) is 11.3 Å². The van der Waals surface area contributed by atoms with Crippen LogP contribution in [0.2, 0.25) is 0 Å². The summed E-state index contributed by atoms with van der Waals surface area (Å²) in [5, 5.41) is 11.8. The van der Waals surface area contributed by atoms with Crippen molar-refractivity contribution in [1.82, 2.24) is 0 Å². The van der Waals surface area contributed by atoms with Crippen LogP contribution in [0.1, 0.15) is 27.8 Å². The number of carbonyl (C=O) groups is 1. The number of hydrogen-bond acceptors (Lipinski definition) is 3. The van der Waals surface area contributed by atoms with E-state index in [2.05, 4.69) is 5.32 Å². The van der Waals surface area contributed by atoms with Crippen molar-refractivity contribution < 1.29 is 22.7 Å². The summed E-state index contributed by atoms with van der Waals surface area (Å²) in [6, 6.07) is 18.9. The number of aryl methyl sites for hydroxylation is 2. The molecule has 168 valence electrons. The van der Waals surface area contributed by atoms with Crippen molar-refractivity contribution in [2.24, 2.45) is 0 Å². The third-order valence-electron chi connectivity index (χ3n) is 5.00. The number of nitriles is 1. The Morgan fingerprint density at radius 1 is 1.03 bits per heavy atom. The largest absolute Gasteiger partial charge is 0.488 e. The molecule has 0 fully saturated rings. The summed E-state index contributed by atoms with van der Waals surface area (Å²) in [5.74, 6) is -0.351. The highest BCUT2D eigenvalue weighted by atomic mass is 19.4. The van der Waals surface area contributed by atoms with Crippen LogP contribution in [0.25, 0.3) is 6.08 Å². The van der Waals surface area contributed by atoms with Crippen LogP contribution in [0.4, 0.5) is 18.9 Å². The number of rotatable bonds is 6. The van der Waals surface area contributed by atoms with Crippen LogP contribution >= 0.6 is 0 Å². The van der Waals surface area contributed by atoms with E-state index in [1.54, 1.807) is 30.3 Å². The first kappa shape index (κ1) is 23.6. The Balaban J connectivity index is 1.79. The minimum Gasteiger partial charge on any atom is -0.488 e. The second kappa shape index (κ2) is 10.0. The normalized spacial score (nSPS) is 11.6. The number of benzene rings is 3. The number of alkyl halides is 3. The van der Waals surface area contributed by atoms with Crippen LogP contribution in [-0.4, -0.2) is 5.91 Å². The lowest BCUT2D eigenvalue weighted by atomic mass is 10.1. The molecule has 0 saturated carbocycles. The van der Waals surface area contributed by atoms with E-state index in [9.17, 15) is 23.2 Å². The summed E-state index contributed by atoms with van der Waals surface area (Å²) in [6.07, 6.45) is -3.19. The molecule has 33 heavy (non-hydrogen) atoms. The fourth-order valence-corrected chi connectivity index (χ4v) is 3.06. The van der Waals surface area contributed by atoms with Gasteiger partial charge in [0.05, 0.1) is 5.56 Å². The highest BCUT2D eigenvalue weighted by molar-refractivity contribution is 6.09. The summed E-state index contributed by atoms with van der Waals surface area (Å²) in [7, 11) is 0. The van der Waals surface area contributed by atoms with Crippen molar-refractivity contribution in [3.05, 3.63) is 100 Å². The molecule has 7 heteroatoms. The minimum absolute atomic E-state index is 0.0600. The Morgan fingerprint density at radius 3 is 2.48 bits per heavy atom. The average Bonchev–Trinajstić information content (AvgIpc) is 2.78. The Hall–Kier alpha value is -4.05. The van der Waals surface area contributed by atoms with E-state index in [0.717, 1.165) is 23.3 Å². The maximum atomic E-state index is 12.9. The number of anilines is 1. The van der Waals surface area contributed by atoms with E-state index >= 15 is 0 Å². The average molecular weight is 450 g/mol. The van der Waals surface area contributed by atoms with E-state index in [0.29, 0.717) is 17.9 Å². The molecule has 0 unspecified atom stereocenters. The van der Waals surface area contributed by atoms with Crippen LogP contribution in [0.3, 0.4) is 0 Å². The minimum atomic E-state index is -4.54. The Kier molecular flexibility index (Phi) is 7.19. The van der Waals surface area contributed by atoms with Crippen LogP contribution in [-0.2, 0) is 17.6 Å². The van der Waals surface area contributed by atoms with E-state index in [1.165, 1.54) is 23.8 Å². The monoisotopic (exact) mass is 450 g/mol. The van der Waals surface area contributed by atoms with Gasteiger partial charge in [-0.2, -0.15) is 18.4 Å². The van der Waals surface area contributed by atoms with Crippen molar-refractivity contribution in [2.45, 2.75) is 26.6 Å². The zero-order valence-electron chi connectivity index (χ0n) is 18.0. The van der Waals surface area contributed by atoms with Gasteiger partial charge in [-0.3, -0.25) is 4.79 Å². The second-order valence-corrected chi connectivity index (χ2v) is 7.45. The molecule has 0 spiro atoms. The molecule has 3 aromatic rings. The third kappa shape index (κ3) is 6.23. The summed E-state index contributed by atoms with van der Waals surface area (Å²) >= 11 is 0. The van der Waals surface area contributed by atoms with Gasteiger partial charge in [-0.05, 0) is 60.9 Å². The van der Waals surface area contributed by atoms with Gasteiger partial charge in [-0.1, -0.05) is 42.5 Å². The Labute approximate surface area is 189 Å². The van der Waals surface area contributed by atoms with Gasteiger partial charge >= 0.3 is 6.18 Å². The Morgan fingerprint density at radius 2 is 1.79 bits per heavy atom. The zero-order valence-corrected chi connectivity index (χ0v) is 18.0. The highest BCUT2D eigenvalue weighted by Gasteiger charge is 2.30. The van der Waals surface area contributed by atoms with Gasteiger partial charge in [0.2, 0.25) is 0 Å². The van der Waals surface area contributed by atoms with Gasteiger partial charge in [-0.15, -0.1) is 0 Å². The number of halogens is 3. The Bertz CT molecular complexity index is 1240. The summed E-state index contributed by atoms with van der Waals surface area (Å²) < 4.78 is 44.6. The molecule has 0 aromatic heterocycles. The topological polar surface area (TPSA) is 62.1 Å². The van der Waals surface area contributed by atoms with Crippen molar-refractivity contribution in [3.63, 3.8) is 0 Å². The number of nitrogens with one attached hydrogen (secondary N) is 1. The molecule has 0 aliphatic carbocycles. The molecule has 3 rings (SSSR count). The summed E-state index contributed by atoms with van der Waals surface area (Å²) in [6.45, 7) is 4.33. The number of ether oxygens (including phenoxy) is 1. The van der Waals surface area contributed by atoms with Gasteiger partial charge in [-0.25, -0.2) is 0 Å². The fraction of sp³-hybridized carbons (Fsp3) is 0.154. The maximum Gasteiger partial charge on any atom is 0.416 e. The molecule has 3 aromatic carbocycles. The first-order valence-electron chi connectivity index (χ1n) is 10.1. The van der Waals surface area contributed by atoms with Crippen LogP contribution in [0.5, 0.6) is 5.75 Å². The number of nitrogens with zero attached hydrogens (tertiary/aromatic N) is 1. The number of hydrogen-bond donors (Lipinski definition) is 1. The van der Waals surface area contributed by atoms with Crippen LogP contribution in [0.15, 0.2) is 72.3 Å². The molecule has 0 bridgehead atoms. The molecule has 0 radical (unpaired) electrons. The maximum absolute atomic E-state index is 12.9. The predicted molar refractivity (Wildman–Crippen MR) is 120 cm³/mol. The number of amides is 1.